The Balaban J connectivity index is 1.97. The summed E-state index contributed by atoms with van der Waals surface area (Å²) in [4.78, 5) is 2.29. The van der Waals surface area contributed by atoms with Crippen LogP contribution < -0.4 is 4.90 Å². The van der Waals surface area contributed by atoms with Gasteiger partial charge in [0.15, 0.2) is 0 Å². The van der Waals surface area contributed by atoms with E-state index in [1.807, 2.05) is 0 Å². The summed E-state index contributed by atoms with van der Waals surface area (Å²) in [6, 6.07) is 20.1. The first-order chi connectivity index (χ1) is 11.9. The highest BCUT2D eigenvalue weighted by molar-refractivity contribution is 5.74. The van der Waals surface area contributed by atoms with E-state index in [1.165, 1.54) is 50.3 Å². The first-order valence-electron chi connectivity index (χ1n) is 8.86. The Morgan fingerprint density at radius 2 is 1.04 bits per heavy atom. The molecule has 3 rings (SSSR count). The van der Waals surface area contributed by atoms with Crippen LogP contribution in [-0.4, -0.2) is 7.05 Å². The molecule has 0 atom stereocenters. The first kappa shape index (κ1) is 17.3. The Labute approximate surface area is 151 Å². The Morgan fingerprint density at radius 1 is 0.520 bits per heavy atom. The van der Waals surface area contributed by atoms with E-state index in [1.54, 1.807) is 0 Å². The monoisotopic (exact) mass is 329 g/mol. The summed E-state index contributed by atoms with van der Waals surface area (Å²) in [6.45, 7) is 10.8. The molecule has 0 heterocycles. The van der Waals surface area contributed by atoms with Crippen molar-refractivity contribution in [1.82, 2.24) is 0 Å². The van der Waals surface area contributed by atoms with E-state index in [9.17, 15) is 0 Å². The van der Waals surface area contributed by atoms with Crippen LogP contribution in [0.5, 0.6) is 0 Å². The van der Waals surface area contributed by atoms with Gasteiger partial charge in [-0.1, -0.05) is 42.0 Å². The van der Waals surface area contributed by atoms with Crippen molar-refractivity contribution in [3.8, 4) is 11.1 Å². The van der Waals surface area contributed by atoms with Crippen LogP contribution in [0.15, 0.2) is 54.6 Å². The molecule has 0 radical (unpaired) electrons. The molecular formula is C24H27N. The van der Waals surface area contributed by atoms with E-state index in [4.69, 9.17) is 0 Å². The SMILES string of the molecule is Cc1ccc(N(C)c2ccc(-c3ccc(C)c(C)c3)cc2C)c(C)c1. The lowest BCUT2D eigenvalue weighted by atomic mass is 9.98. The third-order valence-electron chi connectivity index (χ3n) is 5.11. The molecule has 0 unspecified atom stereocenters. The van der Waals surface area contributed by atoms with Crippen molar-refractivity contribution >= 4 is 11.4 Å². The van der Waals surface area contributed by atoms with Gasteiger partial charge < -0.3 is 4.90 Å². The summed E-state index contributed by atoms with van der Waals surface area (Å²) in [5, 5.41) is 0. The maximum absolute atomic E-state index is 2.29. The molecule has 25 heavy (non-hydrogen) atoms. The second-order valence-corrected chi connectivity index (χ2v) is 7.15. The minimum Gasteiger partial charge on any atom is -0.344 e. The quantitative estimate of drug-likeness (QED) is 0.519. The Bertz CT molecular complexity index is 921. The molecule has 0 fully saturated rings. The van der Waals surface area contributed by atoms with Crippen LogP contribution in [-0.2, 0) is 0 Å². The highest BCUT2D eigenvalue weighted by Crippen LogP contribution is 2.32. The molecule has 0 saturated heterocycles. The Morgan fingerprint density at radius 3 is 1.60 bits per heavy atom. The largest absolute Gasteiger partial charge is 0.344 e. The van der Waals surface area contributed by atoms with Gasteiger partial charge in [0.25, 0.3) is 0 Å². The van der Waals surface area contributed by atoms with E-state index >= 15 is 0 Å². The number of benzene rings is 3. The molecule has 0 aliphatic rings. The van der Waals surface area contributed by atoms with Crippen molar-refractivity contribution in [3.05, 3.63) is 82.4 Å². The van der Waals surface area contributed by atoms with Crippen LogP contribution in [0.1, 0.15) is 27.8 Å². The number of hydrogen-bond donors (Lipinski definition) is 0. The number of aryl methyl sites for hydroxylation is 5. The summed E-state index contributed by atoms with van der Waals surface area (Å²) >= 11 is 0. The van der Waals surface area contributed by atoms with Gasteiger partial charge in [0.2, 0.25) is 0 Å². The molecule has 1 heteroatoms. The van der Waals surface area contributed by atoms with Gasteiger partial charge in [-0.05, 0) is 86.2 Å². The Hall–Kier alpha value is -2.54. The maximum Gasteiger partial charge on any atom is 0.0438 e. The van der Waals surface area contributed by atoms with Gasteiger partial charge >= 0.3 is 0 Å². The topological polar surface area (TPSA) is 3.24 Å². The fraction of sp³-hybridized carbons (Fsp3) is 0.250. The third kappa shape index (κ3) is 3.46. The molecule has 3 aromatic rings. The molecule has 0 aromatic heterocycles. The molecule has 0 bridgehead atoms. The normalized spacial score (nSPS) is 10.8. The maximum atomic E-state index is 2.29. The second-order valence-electron chi connectivity index (χ2n) is 7.15. The molecule has 3 aromatic carbocycles. The smallest absolute Gasteiger partial charge is 0.0438 e. The second kappa shape index (κ2) is 6.76. The van der Waals surface area contributed by atoms with Crippen molar-refractivity contribution in [2.45, 2.75) is 34.6 Å². The summed E-state index contributed by atoms with van der Waals surface area (Å²) in [7, 11) is 2.15. The van der Waals surface area contributed by atoms with Gasteiger partial charge in [-0.15, -0.1) is 0 Å². The molecule has 0 aliphatic heterocycles. The van der Waals surface area contributed by atoms with Gasteiger partial charge in [0.1, 0.15) is 0 Å². The molecular weight excluding hydrogens is 302 g/mol. The summed E-state index contributed by atoms with van der Waals surface area (Å²) in [6.07, 6.45) is 0. The Kier molecular flexibility index (Phi) is 4.67. The number of nitrogens with zero attached hydrogens (tertiary/aromatic N) is 1. The number of rotatable bonds is 3. The lowest BCUT2D eigenvalue weighted by Crippen LogP contribution is -2.12. The van der Waals surface area contributed by atoms with Gasteiger partial charge in [-0.25, -0.2) is 0 Å². The molecule has 1 nitrogen and oxygen atoms in total. The lowest BCUT2D eigenvalue weighted by molar-refractivity contribution is 1.16. The molecule has 0 spiro atoms. The summed E-state index contributed by atoms with van der Waals surface area (Å²) in [5.41, 5.74) is 11.6. The van der Waals surface area contributed by atoms with E-state index in [0.29, 0.717) is 0 Å². The predicted octanol–water partition coefficient (Wildman–Crippen LogP) is 6.66. The average molecular weight is 329 g/mol. The van der Waals surface area contributed by atoms with Gasteiger partial charge in [0.05, 0.1) is 0 Å². The predicted molar refractivity (Wildman–Crippen MR) is 110 cm³/mol. The fourth-order valence-electron chi connectivity index (χ4n) is 3.44. The first-order valence-corrected chi connectivity index (χ1v) is 8.86. The van der Waals surface area contributed by atoms with Crippen molar-refractivity contribution < 1.29 is 0 Å². The summed E-state index contributed by atoms with van der Waals surface area (Å²) in [5.74, 6) is 0. The molecule has 0 amide bonds. The minimum atomic E-state index is 1.25. The zero-order valence-corrected chi connectivity index (χ0v) is 16.1. The van der Waals surface area contributed by atoms with Gasteiger partial charge in [-0.2, -0.15) is 0 Å². The van der Waals surface area contributed by atoms with E-state index in [-0.39, 0.29) is 0 Å². The minimum absolute atomic E-state index is 1.25. The van der Waals surface area contributed by atoms with Crippen LogP contribution in [0.3, 0.4) is 0 Å². The number of hydrogen-bond acceptors (Lipinski definition) is 1. The van der Waals surface area contributed by atoms with Crippen molar-refractivity contribution in [3.63, 3.8) is 0 Å². The van der Waals surface area contributed by atoms with Crippen molar-refractivity contribution in [2.75, 3.05) is 11.9 Å². The van der Waals surface area contributed by atoms with Crippen LogP contribution in [0.4, 0.5) is 11.4 Å². The highest BCUT2D eigenvalue weighted by Gasteiger charge is 2.11. The van der Waals surface area contributed by atoms with Crippen molar-refractivity contribution in [2.24, 2.45) is 0 Å². The summed E-state index contributed by atoms with van der Waals surface area (Å²) < 4.78 is 0. The van der Waals surface area contributed by atoms with E-state index in [2.05, 4.69) is 101 Å². The van der Waals surface area contributed by atoms with Crippen LogP contribution in [0, 0.1) is 34.6 Å². The third-order valence-corrected chi connectivity index (χ3v) is 5.11. The van der Waals surface area contributed by atoms with Crippen LogP contribution in [0.25, 0.3) is 11.1 Å². The highest BCUT2D eigenvalue weighted by atomic mass is 15.1. The van der Waals surface area contributed by atoms with E-state index < -0.39 is 0 Å². The molecule has 0 saturated carbocycles. The standard InChI is InChI=1S/C24H27N/c1-16-7-11-23(19(4)13-16)25(6)24-12-10-22(15-20(24)5)21-9-8-17(2)18(3)14-21/h7-15H,1-6H3. The van der Waals surface area contributed by atoms with Crippen molar-refractivity contribution in [1.29, 1.82) is 0 Å². The van der Waals surface area contributed by atoms with Gasteiger partial charge in [-0.3, -0.25) is 0 Å². The van der Waals surface area contributed by atoms with E-state index in [0.717, 1.165) is 0 Å². The molecule has 0 N–H and O–H groups in total. The molecule has 0 aliphatic carbocycles. The zero-order valence-electron chi connectivity index (χ0n) is 16.1. The lowest BCUT2D eigenvalue weighted by Gasteiger charge is -2.24. The molecule has 128 valence electrons. The average Bonchev–Trinajstić information content (AvgIpc) is 2.56. The number of anilines is 2. The van der Waals surface area contributed by atoms with Gasteiger partial charge in [0, 0.05) is 18.4 Å². The van der Waals surface area contributed by atoms with Crippen LogP contribution >= 0.6 is 0 Å². The van der Waals surface area contributed by atoms with Crippen LogP contribution in [0.2, 0.25) is 0 Å². The fourth-order valence-corrected chi connectivity index (χ4v) is 3.44. The zero-order chi connectivity index (χ0) is 18.1.